The number of hydrogen-bond donors (Lipinski definition) is 2. The van der Waals surface area contributed by atoms with Gasteiger partial charge in [0, 0.05) is 19.0 Å². The fourth-order valence-electron chi connectivity index (χ4n) is 1.63. The van der Waals surface area contributed by atoms with Gasteiger partial charge in [-0.2, -0.15) is 0 Å². The lowest BCUT2D eigenvalue weighted by atomic mass is 10.2. The molecule has 0 aromatic heterocycles. The third-order valence-electron chi connectivity index (χ3n) is 2.55. The van der Waals surface area contributed by atoms with Crippen LogP contribution in [0.15, 0.2) is 18.2 Å². The lowest BCUT2D eigenvalue weighted by molar-refractivity contribution is -0.116. The van der Waals surface area contributed by atoms with E-state index in [4.69, 9.17) is 4.74 Å². The van der Waals surface area contributed by atoms with Crippen molar-refractivity contribution in [1.82, 2.24) is 0 Å². The highest BCUT2D eigenvalue weighted by Gasteiger charge is 2.08. The second-order valence-electron chi connectivity index (χ2n) is 4.25. The van der Waals surface area contributed by atoms with Gasteiger partial charge in [0.1, 0.15) is 5.75 Å². The number of hydrogen-bond acceptors (Lipinski definition) is 3. The molecule has 0 aliphatic rings. The van der Waals surface area contributed by atoms with Crippen molar-refractivity contribution in [2.45, 2.75) is 33.1 Å². The van der Waals surface area contributed by atoms with Crippen LogP contribution in [0.4, 0.5) is 11.4 Å². The first-order valence-electron chi connectivity index (χ1n) is 6.32. The zero-order chi connectivity index (χ0) is 14.3. The number of nitrogens with one attached hydrogen (secondary N) is 2. The Balaban J connectivity index is 2.79. The van der Waals surface area contributed by atoms with E-state index in [1.54, 1.807) is 18.2 Å². The molecular weight excluding hydrogens is 244 g/mol. The van der Waals surface area contributed by atoms with E-state index in [2.05, 4.69) is 10.6 Å². The van der Waals surface area contributed by atoms with E-state index in [-0.39, 0.29) is 11.8 Å². The van der Waals surface area contributed by atoms with Crippen LogP contribution in [0.1, 0.15) is 33.1 Å². The first-order valence-corrected chi connectivity index (χ1v) is 6.32. The Bertz CT molecular complexity index is 458. The first-order chi connectivity index (χ1) is 9.06. The Labute approximate surface area is 113 Å². The SMILES string of the molecule is CCCCC(=O)Nc1ccc(OC)c(NC(C)=O)c1. The van der Waals surface area contributed by atoms with Crippen molar-refractivity contribution in [3.8, 4) is 5.75 Å². The minimum atomic E-state index is -0.187. The van der Waals surface area contributed by atoms with Crippen LogP contribution in [-0.2, 0) is 9.59 Å². The molecule has 0 atom stereocenters. The lowest BCUT2D eigenvalue weighted by Crippen LogP contribution is -2.12. The standard InChI is InChI=1S/C14H20N2O3/c1-4-5-6-14(18)16-11-7-8-13(19-3)12(9-11)15-10(2)17/h7-9H,4-6H2,1-3H3,(H,15,17)(H,16,18). The van der Waals surface area contributed by atoms with Crippen molar-refractivity contribution in [3.05, 3.63) is 18.2 Å². The van der Waals surface area contributed by atoms with Crippen LogP contribution < -0.4 is 15.4 Å². The Morgan fingerprint density at radius 2 is 2.00 bits per heavy atom. The quantitative estimate of drug-likeness (QED) is 0.830. The predicted octanol–water partition coefficient (Wildman–Crippen LogP) is 2.78. The minimum absolute atomic E-state index is 0.0270. The number of ether oxygens (including phenoxy) is 1. The van der Waals surface area contributed by atoms with Gasteiger partial charge in [-0.25, -0.2) is 0 Å². The summed E-state index contributed by atoms with van der Waals surface area (Å²) in [7, 11) is 1.53. The number of methoxy groups -OCH3 is 1. The maximum Gasteiger partial charge on any atom is 0.224 e. The average Bonchev–Trinajstić information content (AvgIpc) is 2.36. The molecule has 19 heavy (non-hydrogen) atoms. The van der Waals surface area contributed by atoms with E-state index < -0.39 is 0 Å². The van der Waals surface area contributed by atoms with Gasteiger partial charge >= 0.3 is 0 Å². The number of benzene rings is 1. The van der Waals surface area contributed by atoms with Gasteiger partial charge in [-0.1, -0.05) is 13.3 Å². The molecule has 5 nitrogen and oxygen atoms in total. The molecule has 1 aromatic carbocycles. The molecule has 0 spiro atoms. The molecule has 2 amide bonds. The van der Waals surface area contributed by atoms with Crippen LogP contribution in [0.5, 0.6) is 5.75 Å². The molecule has 0 heterocycles. The van der Waals surface area contributed by atoms with Crippen molar-refractivity contribution in [2.24, 2.45) is 0 Å². The Hall–Kier alpha value is -2.04. The summed E-state index contributed by atoms with van der Waals surface area (Å²) < 4.78 is 5.14. The minimum Gasteiger partial charge on any atom is -0.495 e. The molecule has 0 unspecified atom stereocenters. The summed E-state index contributed by atoms with van der Waals surface area (Å²) in [4.78, 5) is 22.7. The molecule has 5 heteroatoms. The molecule has 0 bridgehead atoms. The highest BCUT2D eigenvalue weighted by atomic mass is 16.5. The van der Waals surface area contributed by atoms with E-state index in [1.807, 2.05) is 6.92 Å². The summed E-state index contributed by atoms with van der Waals surface area (Å²) in [6, 6.07) is 5.14. The van der Waals surface area contributed by atoms with E-state index >= 15 is 0 Å². The molecule has 1 aromatic rings. The molecule has 0 saturated carbocycles. The topological polar surface area (TPSA) is 67.4 Å². The number of unbranched alkanes of at least 4 members (excludes halogenated alkanes) is 1. The van der Waals surface area contributed by atoms with E-state index in [9.17, 15) is 9.59 Å². The average molecular weight is 264 g/mol. The van der Waals surface area contributed by atoms with Gasteiger partial charge in [-0.3, -0.25) is 9.59 Å². The second kappa shape index (κ2) is 7.41. The van der Waals surface area contributed by atoms with Crippen molar-refractivity contribution in [2.75, 3.05) is 17.7 Å². The third-order valence-corrected chi connectivity index (χ3v) is 2.55. The summed E-state index contributed by atoms with van der Waals surface area (Å²) in [5, 5.41) is 5.46. The summed E-state index contributed by atoms with van der Waals surface area (Å²) in [5.41, 5.74) is 1.19. The lowest BCUT2D eigenvalue weighted by Gasteiger charge is -2.11. The summed E-state index contributed by atoms with van der Waals surface area (Å²) in [5.74, 6) is 0.343. The monoisotopic (exact) mass is 264 g/mol. The summed E-state index contributed by atoms with van der Waals surface area (Å²) in [6.45, 7) is 3.46. The third kappa shape index (κ3) is 4.99. The molecular formula is C14H20N2O3. The Morgan fingerprint density at radius 1 is 1.26 bits per heavy atom. The van der Waals surface area contributed by atoms with Gasteiger partial charge in [0.2, 0.25) is 11.8 Å². The second-order valence-corrected chi connectivity index (χ2v) is 4.25. The highest BCUT2D eigenvalue weighted by molar-refractivity contribution is 5.94. The van der Waals surface area contributed by atoms with Crippen LogP contribution in [0.25, 0.3) is 0 Å². The largest absolute Gasteiger partial charge is 0.495 e. The number of rotatable bonds is 6. The van der Waals surface area contributed by atoms with Crippen LogP contribution in [0.3, 0.4) is 0 Å². The van der Waals surface area contributed by atoms with Crippen LogP contribution in [0.2, 0.25) is 0 Å². The highest BCUT2D eigenvalue weighted by Crippen LogP contribution is 2.27. The van der Waals surface area contributed by atoms with Crippen LogP contribution in [-0.4, -0.2) is 18.9 Å². The molecule has 104 valence electrons. The Morgan fingerprint density at radius 3 is 2.58 bits per heavy atom. The van der Waals surface area contributed by atoms with Gasteiger partial charge in [-0.05, 0) is 24.6 Å². The van der Waals surface area contributed by atoms with E-state index in [0.29, 0.717) is 23.5 Å². The zero-order valence-electron chi connectivity index (χ0n) is 11.6. The smallest absolute Gasteiger partial charge is 0.224 e. The van der Waals surface area contributed by atoms with Crippen LogP contribution >= 0.6 is 0 Å². The Kier molecular flexibility index (Phi) is 5.85. The molecule has 0 aliphatic heterocycles. The summed E-state index contributed by atoms with van der Waals surface area (Å²) in [6.07, 6.45) is 2.34. The van der Waals surface area contributed by atoms with Gasteiger partial charge in [0.25, 0.3) is 0 Å². The molecule has 0 aliphatic carbocycles. The fourth-order valence-corrected chi connectivity index (χ4v) is 1.63. The number of amides is 2. The van der Waals surface area contributed by atoms with Crippen molar-refractivity contribution in [1.29, 1.82) is 0 Å². The molecule has 0 saturated heterocycles. The number of carbonyl (C=O) groups is 2. The van der Waals surface area contributed by atoms with E-state index in [1.165, 1.54) is 14.0 Å². The van der Waals surface area contributed by atoms with Gasteiger partial charge in [-0.15, -0.1) is 0 Å². The zero-order valence-corrected chi connectivity index (χ0v) is 11.6. The number of carbonyl (C=O) groups excluding carboxylic acids is 2. The maximum absolute atomic E-state index is 11.6. The maximum atomic E-state index is 11.6. The first kappa shape index (κ1) is 15.0. The molecule has 0 radical (unpaired) electrons. The van der Waals surface area contributed by atoms with Gasteiger partial charge in [0.15, 0.2) is 0 Å². The van der Waals surface area contributed by atoms with Crippen molar-refractivity contribution in [3.63, 3.8) is 0 Å². The van der Waals surface area contributed by atoms with Crippen molar-refractivity contribution >= 4 is 23.2 Å². The van der Waals surface area contributed by atoms with Crippen molar-refractivity contribution < 1.29 is 14.3 Å². The fraction of sp³-hybridized carbons (Fsp3) is 0.429. The number of anilines is 2. The molecule has 0 fully saturated rings. The predicted molar refractivity (Wildman–Crippen MR) is 75.5 cm³/mol. The van der Waals surface area contributed by atoms with E-state index in [0.717, 1.165) is 12.8 Å². The van der Waals surface area contributed by atoms with Gasteiger partial charge < -0.3 is 15.4 Å². The normalized spacial score (nSPS) is 9.84. The van der Waals surface area contributed by atoms with Gasteiger partial charge in [0.05, 0.1) is 12.8 Å². The van der Waals surface area contributed by atoms with Crippen LogP contribution in [0, 0.1) is 0 Å². The summed E-state index contributed by atoms with van der Waals surface area (Å²) >= 11 is 0. The molecule has 1 rings (SSSR count). The molecule has 2 N–H and O–H groups in total.